The van der Waals surface area contributed by atoms with E-state index in [1.165, 1.54) is 6.92 Å². The van der Waals surface area contributed by atoms with Gasteiger partial charge in [0, 0.05) is 46.4 Å². The summed E-state index contributed by atoms with van der Waals surface area (Å²) in [5.74, 6) is -0.809. The third kappa shape index (κ3) is 5.05. The van der Waals surface area contributed by atoms with Crippen LogP contribution in [0.4, 0.5) is 0 Å². The highest BCUT2D eigenvalue weighted by Gasteiger charge is 2.17. The van der Waals surface area contributed by atoms with Gasteiger partial charge in [-0.2, -0.15) is 0 Å². The molecule has 0 N–H and O–H groups in total. The van der Waals surface area contributed by atoms with Crippen molar-refractivity contribution in [3.05, 3.63) is 82.9 Å². The number of carbonyl (C=O) groups is 3. The van der Waals surface area contributed by atoms with E-state index < -0.39 is 5.97 Å². The van der Waals surface area contributed by atoms with Crippen LogP contribution in [0.5, 0.6) is 0 Å². The molecule has 36 heavy (non-hydrogen) atoms. The second-order valence-corrected chi connectivity index (χ2v) is 8.57. The number of ketones is 1. The summed E-state index contributed by atoms with van der Waals surface area (Å²) >= 11 is 0. The molecule has 0 aliphatic heterocycles. The number of benzene rings is 3. The molecule has 0 saturated heterocycles. The van der Waals surface area contributed by atoms with E-state index in [0.717, 1.165) is 32.9 Å². The molecule has 0 amide bonds. The summed E-state index contributed by atoms with van der Waals surface area (Å²) in [7, 11) is 0. The molecule has 0 unspecified atom stereocenters. The number of carbonyl (C=O) groups excluding carboxylic acids is 3. The number of oxime groups is 1. The van der Waals surface area contributed by atoms with Crippen molar-refractivity contribution in [2.75, 3.05) is 6.61 Å². The molecule has 7 nitrogen and oxygen atoms in total. The van der Waals surface area contributed by atoms with Crippen LogP contribution >= 0.6 is 0 Å². The molecule has 4 rings (SSSR count). The number of hydrogen-bond acceptors (Lipinski definition) is 6. The Morgan fingerprint density at radius 1 is 0.889 bits per heavy atom. The second kappa shape index (κ2) is 10.6. The lowest BCUT2D eigenvalue weighted by Gasteiger charge is -2.08. The van der Waals surface area contributed by atoms with Gasteiger partial charge in [-0.1, -0.05) is 35.5 Å². The first kappa shape index (κ1) is 24.9. The summed E-state index contributed by atoms with van der Waals surface area (Å²) in [6.07, 6.45) is 0.227. The van der Waals surface area contributed by atoms with Crippen LogP contribution in [-0.4, -0.2) is 34.6 Å². The zero-order valence-electron chi connectivity index (χ0n) is 20.8. The minimum Gasteiger partial charge on any atom is -0.466 e. The number of aromatic nitrogens is 1. The first-order valence-electron chi connectivity index (χ1n) is 11.8. The smallest absolute Gasteiger partial charge is 0.331 e. The van der Waals surface area contributed by atoms with Crippen molar-refractivity contribution in [1.29, 1.82) is 0 Å². The number of rotatable bonds is 8. The van der Waals surface area contributed by atoms with E-state index in [1.54, 1.807) is 13.8 Å². The summed E-state index contributed by atoms with van der Waals surface area (Å²) in [5.41, 5.74) is 5.31. The predicted octanol–water partition coefficient (Wildman–Crippen LogP) is 5.57. The van der Waals surface area contributed by atoms with Gasteiger partial charge >= 0.3 is 11.9 Å². The summed E-state index contributed by atoms with van der Waals surface area (Å²) in [5, 5.41) is 5.70. The maximum Gasteiger partial charge on any atom is 0.331 e. The van der Waals surface area contributed by atoms with Gasteiger partial charge in [0.05, 0.1) is 18.7 Å². The van der Waals surface area contributed by atoms with Crippen molar-refractivity contribution < 1.29 is 24.0 Å². The first-order valence-corrected chi connectivity index (χ1v) is 11.8. The maximum absolute atomic E-state index is 13.3. The normalized spacial score (nSPS) is 11.6. The van der Waals surface area contributed by atoms with E-state index >= 15 is 0 Å². The SMILES string of the molecule is CCOC(=O)CCn1c2ccc(C(=O)c3ccccc3C)cc2c2cc(/C(C)=N\OC(C)=O)ccc21. The molecular formula is C29H28N2O5. The Labute approximate surface area is 209 Å². The zero-order chi connectivity index (χ0) is 25.8. The highest BCUT2D eigenvalue weighted by molar-refractivity contribution is 6.16. The number of nitrogens with zero attached hydrogens (tertiary/aromatic N) is 2. The lowest BCUT2D eigenvalue weighted by atomic mass is 9.97. The molecular weight excluding hydrogens is 456 g/mol. The van der Waals surface area contributed by atoms with Crippen molar-refractivity contribution >= 4 is 45.2 Å². The van der Waals surface area contributed by atoms with Crippen molar-refractivity contribution in [3.63, 3.8) is 0 Å². The van der Waals surface area contributed by atoms with Crippen LogP contribution in [-0.2, 0) is 25.7 Å². The molecule has 0 atom stereocenters. The molecule has 3 aromatic carbocycles. The van der Waals surface area contributed by atoms with Gasteiger partial charge in [0.25, 0.3) is 0 Å². The Balaban J connectivity index is 1.86. The zero-order valence-corrected chi connectivity index (χ0v) is 20.8. The van der Waals surface area contributed by atoms with Crippen LogP contribution in [0.25, 0.3) is 21.8 Å². The molecule has 7 heteroatoms. The van der Waals surface area contributed by atoms with E-state index in [4.69, 9.17) is 9.57 Å². The Hall–Kier alpha value is -4.26. The molecule has 0 bridgehead atoms. The fourth-order valence-electron chi connectivity index (χ4n) is 4.32. The fourth-order valence-corrected chi connectivity index (χ4v) is 4.32. The van der Waals surface area contributed by atoms with E-state index in [-0.39, 0.29) is 18.2 Å². The quantitative estimate of drug-likeness (QED) is 0.107. The van der Waals surface area contributed by atoms with Gasteiger partial charge in [0.2, 0.25) is 0 Å². The van der Waals surface area contributed by atoms with Gasteiger partial charge in [-0.3, -0.25) is 9.59 Å². The van der Waals surface area contributed by atoms with Gasteiger partial charge in [-0.15, -0.1) is 0 Å². The van der Waals surface area contributed by atoms with Crippen LogP contribution < -0.4 is 0 Å². The third-order valence-corrected chi connectivity index (χ3v) is 6.09. The van der Waals surface area contributed by atoms with Crippen LogP contribution in [0, 0.1) is 6.92 Å². The summed E-state index contributed by atoms with van der Waals surface area (Å²) < 4.78 is 7.18. The molecule has 0 aliphatic carbocycles. The first-order chi connectivity index (χ1) is 17.3. The van der Waals surface area contributed by atoms with Gasteiger partial charge in [-0.25, -0.2) is 4.79 Å². The molecule has 0 saturated carbocycles. The lowest BCUT2D eigenvalue weighted by molar-refractivity contribution is -0.143. The van der Waals surface area contributed by atoms with Gasteiger partial charge < -0.3 is 14.1 Å². The van der Waals surface area contributed by atoms with Crippen LogP contribution in [0.3, 0.4) is 0 Å². The van der Waals surface area contributed by atoms with E-state index in [9.17, 15) is 14.4 Å². The molecule has 0 aliphatic rings. The Morgan fingerprint density at radius 2 is 1.53 bits per heavy atom. The van der Waals surface area contributed by atoms with Crippen LogP contribution in [0.15, 0.2) is 65.8 Å². The number of aryl methyl sites for hydroxylation is 2. The van der Waals surface area contributed by atoms with Crippen LogP contribution in [0.1, 0.15) is 54.2 Å². The highest BCUT2D eigenvalue weighted by atomic mass is 16.7. The minimum atomic E-state index is -0.495. The molecule has 4 aromatic rings. The van der Waals surface area contributed by atoms with Crippen molar-refractivity contribution in [2.45, 2.75) is 40.7 Å². The third-order valence-electron chi connectivity index (χ3n) is 6.09. The Kier molecular flexibility index (Phi) is 7.29. The fraction of sp³-hybridized carbons (Fsp3) is 0.241. The van der Waals surface area contributed by atoms with Crippen LogP contribution in [0.2, 0.25) is 0 Å². The molecule has 0 spiro atoms. The molecule has 0 radical (unpaired) electrons. The van der Waals surface area contributed by atoms with E-state index in [1.807, 2.05) is 67.6 Å². The van der Waals surface area contributed by atoms with Crippen molar-refractivity contribution in [1.82, 2.24) is 4.57 Å². The monoisotopic (exact) mass is 484 g/mol. The minimum absolute atomic E-state index is 0.0498. The number of hydrogen-bond donors (Lipinski definition) is 0. The number of fused-ring (bicyclic) bond motifs is 3. The van der Waals surface area contributed by atoms with Crippen molar-refractivity contribution in [3.8, 4) is 0 Å². The van der Waals surface area contributed by atoms with Crippen molar-refractivity contribution in [2.24, 2.45) is 5.16 Å². The summed E-state index contributed by atoms with van der Waals surface area (Å²) in [6, 6.07) is 19.0. The number of esters is 1. The summed E-state index contributed by atoms with van der Waals surface area (Å²) in [6.45, 7) is 7.53. The van der Waals surface area contributed by atoms with Gasteiger partial charge in [0.1, 0.15) is 0 Å². The van der Waals surface area contributed by atoms with Gasteiger partial charge in [-0.05, 0) is 62.2 Å². The largest absolute Gasteiger partial charge is 0.466 e. The van der Waals surface area contributed by atoms with E-state index in [0.29, 0.717) is 30.0 Å². The van der Waals surface area contributed by atoms with E-state index in [2.05, 4.69) is 9.72 Å². The molecule has 1 heterocycles. The standard InChI is InChI=1S/C29H28N2O5/c1-5-35-28(33)14-15-31-26-12-10-21(19(3)30-36-20(4)32)16-24(26)25-17-22(11-13-27(25)31)29(34)23-9-7-6-8-18(23)2/h6-13,16-17H,5,14-15H2,1-4H3/b30-19-. The Bertz CT molecular complexity index is 1510. The molecule has 0 fully saturated rings. The highest BCUT2D eigenvalue weighted by Crippen LogP contribution is 2.32. The lowest BCUT2D eigenvalue weighted by Crippen LogP contribution is -2.09. The molecule has 1 aromatic heterocycles. The average Bonchev–Trinajstić information content (AvgIpc) is 3.18. The summed E-state index contributed by atoms with van der Waals surface area (Å²) in [4.78, 5) is 41.4. The molecule has 184 valence electrons. The number of ether oxygens (including phenoxy) is 1. The second-order valence-electron chi connectivity index (χ2n) is 8.57. The topological polar surface area (TPSA) is 87.0 Å². The van der Waals surface area contributed by atoms with Gasteiger partial charge in [0.15, 0.2) is 5.78 Å². The Morgan fingerprint density at radius 3 is 2.17 bits per heavy atom. The predicted molar refractivity (Wildman–Crippen MR) is 139 cm³/mol. The maximum atomic E-state index is 13.3. The average molecular weight is 485 g/mol.